The van der Waals surface area contributed by atoms with Gasteiger partial charge in [0.25, 0.3) is 5.91 Å². The normalized spacial score (nSPS) is 18.2. The molecule has 38 heavy (non-hydrogen) atoms. The minimum Gasteiger partial charge on any atom is -0.465 e. The van der Waals surface area contributed by atoms with Crippen LogP contribution in [-0.4, -0.2) is 43.5 Å². The number of ether oxygens (including phenoxy) is 1. The summed E-state index contributed by atoms with van der Waals surface area (Å²) in [6.45, 7) is 4.39. The molecule has 4 aromatic rings. The molecule has 0 radical (unpaired) electrons. The van der Waals surface area contributed by atoms with Crippen LogP contribution in [0, 0.1) is 5.92 Å². The van der Waals surface area contributed by atoms with Gasteiger partial charge in [0.15, 0.2) is 0 Å². The zero-order valence-corrected chi connectivity index (χ0v) is 22.0. The lowest BCUT2D eigenvalue weighted by Crippen LogP contribution is -2.46. The minimum atomic E-state index is -0.404. The molecule has 1 aliphatic rings. The summed E-state index contributed by atoms with van der Waals surface area (Å²) in [5.74, 6) is 0.232. The smallest absolute Gasteiger partial charge is 0.337 e. The quantitative estimate of drug-likeness (QED) is 0.302. The van der Waals surface area contributed by atoms with Crippen molar-refractivity contribution in [2.24, 2.45) is 5.92 Å². The highest BCUT2D eigenvalue weighted by molar-refractivity contribution is 5.96. The molecular weight excluding hydrogens is 472 g/mol. The Hall–Kier alpha value is -3.96. The van der Waals surface area contributed by atoms with E-state index in [0.717, 1.165) is 13.0 Å². The van der Waals surface area contributed by atoms with E-state index in [9.17, 15) is 9.59 Å². The lowest BCUT2D eigenvalue weighted by molar-refractivity contribution is 0.0597. The fourth-order valence-electron chi connectivity index (χ4n) is 5.68. The van der Waals surface area contributed by atoms with Crippen LogP contribution in [0.25, 0.3) is 10.8 Å². The first kappa shape index (κ1) is 25.7. The van der Waals surface area contributed by atoms with Crippen LogP contribution >= 0.6 is 0 Å². The number of nitrogens with one attached hydrogen (secondary N) is 1. The third-order valence-electron chi connectivity index (χ3n) is 7.78. The Morgan fingerprint density at radius 1 is 0.895 bits per heavy atom. The van der Waals surface area contributed by atoms with E-state index in [1.165, 1.54) is 29.0 Å². The molecular formula is C33H34N2O3. The third kappa shape index (κ3) is 5.48. The zero-order valence-electron chi connectivity index (χ0n) is 22.0. The molecule has 0 aliphatic carbocycles. The number of rotatable bonds is 7. The first-order valence-corrected chi connectivity index (χ1v) is 13.3. The van der Waals surface area contributed by atoms with Gasteiger partial charge in [0.05, 0.1) is 12.7 Å². The van der Waals surface area contributed by atoms with E-state index < -0.39 is 5.97 Å². The van der Waals surface area contributed by atoms with E-state index in [0.29, 0.717) is 30.1 Å². The Bertz CT molecular complexity index is 1400. The largest absolute Gasteiger partial charge is 0.465 e. The fourth-order valence-corrected chi connectivity index (χ4v) is 5.68. The number of likely N-dealkylation sites (tertiary alicyclic amines) is 1. The second-order valence-corrected chi connectivity index (χ2v) is 10.1. The van der Waals surface area contributed by atoms with Gasteiger partial charge in [-0.3, -0.25) is 4.79 Å². The van der Waals surface area contributed by atoms with Gasteiger partial charge < -0.3 is 15.0 Å². The maximum Gasteiger partial charge on any atom is 0.337 e. The monoisotopic (exact) mass is 506 g/mol. The van der Waals surface area contributed by atoms with Crippen molar-refractivity contribution in [3.8, 4) is 0 Å². The highest BCUT2D eigenvalue weighted by atomic mass is 16.5. The lowest BCUT2D eigenvalue weighted by atomic mass is 9.80. The van der Waals surface area contributed by atoms with Crippen molar-refractivity contribution in [2.75, 3.05) is 26.7 Å². The molecule has 1 heterocycles. The summed E-state index contributed by atoms with van der Waals surface area (Å²) in [6, 6.07) is 32.5. The summed E-state index contributed by atoms with van der Waals surface area (Å²) >= 11 is 0. The number of hydrogen-bond donors (Lipinski definition) is 1. The van der Waals surface area contributed by atoms with Crippen molar-refractivity contribution in [1.82, 2.24) is 10.2 Å². The van der Waals surface area contributed by atoms with Crippen LogP contribution in [0.1, 0.15) is 57.1 Å². The summed E-state index contributed by atoms with van der Waals surface area (Å²) in [5, 5.41) is 6.31. The number of nitrogens with zero attached hydrogens (tertiary/aromatic N) is 1. The number of esters is 1. The van der Waals surface area contributed by atoms with E-state index in [1.807, 2.05) is 4.90 Å². The van der Waals surface area contributed by atoms with Gasteiger partial charge in [-0.2, -0.15) is 0 Å². The standard InChI is InChI=1S/C33H34N2O3/c1-23(29-14-8-12-25-11-6-7-13-31(25)29)34-21-28-22-35(20-19-30(28)24-9-4-3-5-10-24)32(36)26-15-17-27(18-16-26)33(37)38-2/h3-18,23,28,30,34H,19-22H2,1-2H3/t23-,28?,30?/m1/s1. The summed E-state index contributed by atoms with van der Waals surface area (Å²) in [6.07, 6.45) is 0.908. The number of carbonyl (C=O) groups excluding carboxylic acids is 2. The summed E-state index contributed by atoms with van der Waals surface area (Å²) < 4.78 is 4.78. The average molecular weight is 507 g/mol. The van der Waals surface area contributed by atoms with Gasteiger partial charge in [0.2, 0.25) is 0 Å². The first-order chi connectivity index (χ1) is 18.5. The Morgan fingerprint density at radius 3 is 2.34 bits per heavy atom. The van der Waals surface area contributed by atoms with Gasteiger partial charge >= 0.3 is 5.97 Å². The molecule has 4 aromatic carbocycles. The number of amides is 1. The maximum atomic E-state index is 13.4. The third-order valence-corrected chi connectivity index (χ3v) is 7.78. The molecule has 1 saturated heterocycles. The number of carbonyl (C=O) groups is 2. The lowest BCUT2D eigenvalue weighted by Gasteiger charge is -2.39. The molecule has 5 rings (SSSR count). The van der Waals surface area contributed by atoms with Crippen LogP contribution in [0.5, 0.6) is 0 Å². The van der Waals surface area contributed by atoms with E-state index in [1.54, 1.807) is 24.3 Å². The van der Waals surface area contributed by atoms with Gasteiger partial charge in [0.1, 0.15) is 0 Å². The van der Waals surface area contributed by atoms with Crippen molar-refractivity contribution in [3.05, 3.63) is 119 Å². The molecule has 1 fully saturated rings. The Morgan fingerprint density at radius 2 is 1.58 bits per heavy atom. The van der Waals surface area contributed by atoms with Crippen molar-refractivity contribution < 1.29 is 14.3 Å². The maximum absolute atomic E-state index is 13.4. The Balaban J connectivity index is 1.33. The van der Waals surface area contributed by atoms with Gasteiger partial charge in [-0.1, -0.05) is 72.8 Å². The van der Waals surface area contributed by atoms with Crippen LogP contribution in [0.2, 0.25) is 0 Å². The number of piperidine rings is 1. The van der Waals surface area contributed by atoms with Crippen molar-refractivity contribution in [3.63, 3.8) is 0 Å². The fraction of sp³-hybridized carbons (Fsp3) is 0.273. The molecule has 5 heteroatoms. The number of hydrogen-bond acceptors (Lipinski definition) is 4. The summed E-state index contributed by atoms with van der Waals surface area (Å²) in [4.78, 5) is 27.2. The topological polar surface area (TPSA) is 58.6 Å². The molecule has 0 bridgehead atoms. The van der Waals surface area contributed by atoms with Crippen molar-refractivity contribution in [1.29, 1.82) is 0 Å². The second kappa shape index (κ2) is 11.6. The SMILES string of the molecule is COC(=O)c1ccc(C(=O)N2CCC(c3ccccc3)C(CN[C@H](C)c3cccc4ccccc34)C2)cc1. The van der Waals surface area contributed by atoms with Crippen molar-refractivity contribution in [2.45, 2.75) is 25.3 Å². The molecule has 194 valence electrons. The Kier molecular flexibility index (Phi) is 7.85. The van der Waals surface area contributed by atoms with E-state index in [4.69, 9.17) is 4.74 Å². The number of methoxy groups -OCH3 is 1. The molecule has 3 atom stereocenters. The second-order valence-electron chi connectivity index (χ2n) is 10.1. The minimum absolute atomic E-state index is 0.0000272. The molecule has 2 unspecified atom stereocenters. The van der Waals surface area contributed by atoms with E-state index in [2.05, 4.69) is 85.0 Å². The molecule has 0 spiro atoms. The Labute approximate surface area is 224 Å². The summed E-state index contributed by atoms with van der Waals surface area (Å²) in [7, 11) is 1.35. The first-order valence-electron chi connectivity index (χ1n) is 13.3. The predicted molar refractivity (Wildman–Crippen MR) is 151 cm³/mol. The van der Waals surface area contributed by atoms with E-state index >= 15 is 0 Å². The van der Waals surface area contributed by atoms with Crippen LogP contribution in [-0.2, 0) is 4.74 Å². The van der Waals surface area contributed by atoms with E-state index in [-0.39, 0.29) is 17.9 Å². The molecule has 0 aromatic heterocycles. The number of benzene rings is 4. The highest BCUT2D eigenvalue weighted by Crippen LogP contribution is 2.34. The molecule has 1 N–H and O–H groups in total. The average Bonchev–Trinajstić information content (AvgIpc) is 2.99. The predicted octanol–water partition coefficient (Wildman–Crippen LogP) is 6.22. The van der Waals surface area contributed by atoms with Gasteiger partial charge in [-0.15, -0.1) is 0 Å². The van der Waals surface area contributed by atoms with Crippen LogP contribution in [0.15, 0.2) is 97.1 Å². The van der Waals surface area contributed by atoms with Gasteiger partial charge in [-0.05, 0) is 71.3 Å². The number of fused-ring (bicyclic) bond motifs is 1. The van der Waals surface area contributed by atoms with Gasteiger partial charge in [0, 0.05) is 31.2 Å². The summed E-state index contributed by atoms with van der Waals surface area (Å²) in [5.41, 5.74) is 3.64. The van der Waals surface area contributed by atoms with Crippen LogP contribution in [0.4, 0.5) is 0 Å². The van der Waals surface area contributed by atoms with Crippen LogP contribution in [0.3, 0.4) is 0 Å². The highest BCUT2D eigenvalue weighted by Gasteiger charge is 2.33. The van der Waals surface area contributed by atoms with Crippen LogP contribution < -0.4 is 5.32 Å². The molecule has 0 saturated carbocycles. The molecule has 1 aliphatic heterocycles. The molecule has 1 amide bonds. The van der Waals surface area contributed by atoms with Crippen molar-refractivity contribution >= 4 is 22.6 Å². The molecule has 5 nitrogen and oxygen atoms in total. The zero-order chi connectivity index (χ0) is 26.5. The van der Waals surface area contributed by atoms with Gasteiger partial charge in [-0.25, -0.2) is 4.79 Å².